The lowest BCUT2D eigenvalue weighted by Crippen LogP contribution is -2.62. The van der Waals surface area contributed by atoms with Gasteiger partial charge in [0.15, 0.2) is 0 Å². The van der Waals surface area contributed by atoms with Gasteiger partial charge in [-0.15, -0.1) is 6.42 Å². The number of terminal acetylenes is 1. The van der Waals surface area contributed by atoms with Gasteiger partial charge in [-0.05, 0) is 235 Å². The van der Waals surface area contributed by atoms with Crippen LogP contribution < -0.4 is 21.3 Å². The number of nitrogens with zero attached hydrogens (tertiary/aromatic N) is 4. The van der Waals surface area contributed by atoms with Gasteiger partial charge in [0.05, 0.1) is 38.5 Å². The number of amides is 4. The van der Waals surface area contributed by atoms with E-state index < -0.39 is 53.9 Å². The first-order valence-corrected chi connectivity index (χ1v) is 38.2. The summed E-state index contributed by atoms with van der Waals surface area (Å²) in [5.74, 6) is 12.3. The van der Waals surface area contributed by atoms with Gasteiger partial charge in [0.1, 0.15) is 35.4 Å². The van der Waals surface area contributed by atoms with Gasteiger partial charge in [-0.2, -0.15) is 10.1 Å². The number of aliphatic hydroxyl groups is 4. The number of likely N-dealkylation sites (tertiary alicyclic amines) is 2. The number of benzene rings is 2. The quantitative estimate of drug-likeness (QED) is 0.0582. The number of rotatable bonds is 16. The van der Waals surface area contributed by atoms with Crippen LogP contribution in [0, 0.1) is 97.8 Å². The Morgan fingerprint density at radius 3 is 1.41 bits per heavy atom. The number of nitrogens with one attached hydrogen (secondary N) is 4. The van der Waals surface area contributed by atoms with Crippen molar-refractivity contribution in [3.63, 3.8) is 0 Å². The molecule has 16 atom stereocenters. The number of piperidine rings is 2. The molecule has 0 aromatic heterocycles. The molecule has 8 N–H and O–H groups in total. The highest BCUT2D eigenvalue weighted by molar-refractivity contribution is 14.1. The molecule has 19 heteroatoms. The summed E-state index contributed by atoms with van der Waals surface area (Å²) in [6.07, 6.45) is 21.3. The summed E-state index contributed by atoms with van der Waals surface area (Å²) in [4.78, 5) is 70.0. The van der Waals surface area contributed by atoms with E-state index in [1.807, 2.05) is 42.5 Å². The molecule has 4 saturated heterocycles. The zero-order chi connectivity index (χ0) is 69.7. The molecule has 14 rings (SSSR count). The highest BCUT2D eigenvalue weighted by Crippen LogP contribution is 2.62. The molecule has 97 heavy (non-hydrogen) atoms. The third kappa shape index (κ3) is 17.3. The van der Waals surface area contributed by atoms with Gasteiger partial charge in [0.25, 0.3) is 0 Å². The number of hydrogen-bond acceptors (Lipinski definition) is 14. The van der Waals surface area contributed by atoms with Crippen LogP contribution >= 0.6 is 22.6 Å². The second-order valence-corrected chi connectivity index (χ2v) is 33.9. The van der Waals surface area contributed by atoms with E-state index in [1.54, 1.807) is 24.0 Å². The normalized spacial score (nSPS) is 33.6. The van der Waals surface area contributed by atoms with E-state index in [4.69, 9.17) is 16.1 Å². The molecule has 536 valence electrons. The van der Waals surface area contributed by atoms with Gasteiger partial charge < -0.3 is 51.5 Å². The molecule has 12 aliphatic rings. The molecule has 4 bridgehead atoms. The highest BCUT2D eigenvalue weighted by Gasteiger charge is 2.59. The van der Waals surface area contributed by atoms with Gasteiger partial charge in [-0.1, -0.05) is 122 Å². The Morgan fingerprint density at radius 2 is 1.02 bits per heavy atom. The zero-order valence-corrected chi connectivity index (χ0v) is 62.0. The van der Waals surface area contributed by atoms with Crippen molar-refractivity contribution in [3.8, 4) is 24.2 Å². The molecule has 12 fully saturated rings. The van der Waals surface area contributed by atoms with Crippen molar-refractivity contribution in [3.05, 3.63) is 68.8 Å². The Hall–Kier alpha value is -4.23. The fourth-order valence-electron chi connectivity index (χ4n) is 19.0. The number of carbonyl (C=O) groups is 4. The summed E-state index contributed by atoms with van der Waals surface area (Å²) in [7, 11) is 4.22. The first-order valence-electron chi connectivity index (χ1n) is 37.1. The van der Waals surface area contributed by atoms with Crippen LogP contribution in [0.25, 0.3) is 0 Å². The van der Waals surface area contributed by atoms with Crippen LogP contribution in [-0.4, -0.2) is 177 Å². The number of halogens is 1. The molecule has 2 aromatic carbocycles. The van der Waals surface area contributed by atoms with E-state index in [9.17, 15) is 39.6 Å². The second-order valence-electron chi connectivity index (χ2n) is 32.6. The van der Waals surface area contributed by atoms with E-state index in [2.05, 4.69) is 133 Å². The summed E-state index contributed by atoms with van der Waals surface area (Å²) in [6, 6.07) is 14.9. The SMILES string of the molecule is C#CC1(NC(=O)C2CCN(C)CC2)CCCCC1.C[C@@H]1[C@@H](NC(=O)[C@@H]2[C@H]([C@H](C)O)[C@H](CO)ON2Cc2cccc(C#CC3(NC(=O)C4CCN(C)CC4)CCCCC3)c2)CC2C[C@@H]1C2(C)C.C[C@@H]1[C@@H](NC(=O)[C@@H]2[C@H]([C@H](C)O)[C@H](CO)ON2Cc2cccc(I)c2)CC2C[C@@H]1C2(C)C. The van der Waals surface area contributed by atoms with Gasteiger partial charge in [0, 0.05) is 44.9 Å². The Labute approximate surface area is 593 Å². The fourth-order valence-corrected chi connectivity index (χ4v) is 19.6. The van der Waals surface area contributed by atoms with Crippen LogP contribution in [0.4, 0.5) is 0 Å². The zero-order valence-electron chi connectivity index (χ0n) is 59.9. The van der Waals surface area contributed by atoms with E-state index >= 15 is 0 Å². The van der Waals surface area contributed by atoms with Gasteiger partial charge in [-0.25, -0.2) is 0 Å². The lowest BCUT2D eigenvalue weighted by atomic mass is 9.45. The average molecular weight is 1450 g/mol. The molecular weight excluding hydrogens is 1340 g/mol. The van der Waals surface area contributed by atoms with E-state index in [-0.39, 0.29) is 66.3 Å². The Balaban J connectivity index is 0.000000177. The summed E-state index contributed by atoms with van der Waals surface area (Å²) >= 11 is 2.27. The Morgan fingerprint density at radius 1 is 0.608 bits per heavy atom. The predicted molar refractivity (Wildman–Crippen MR) is 385 cm³/mol. The topological polar surface area (TPSA) is 229 Å². The summed E-state index contributed by atoms with van der Waals surface area (Å²) < 4.78 is 1.11. The van der Waals surface area contributed by atoms with Crippen molar-refractivity contribution < 1.29 is 49.3 Å². The molecule has 18 nitrogen and oxygen atoms in total. The standard InChI is InChI=1S/C39H58N4O5.C24H35IN2O4.C15H24N2O/c1-25-31-21-30(38(31,3)4)22-32(25)40-37(47)35-34(26(2)45)33(24-44)48-43(35)23-28-11-9-10-27(20-28)12-17-39(15-7-6-8-16-39)41-36(46)29-13-18-42(5)19-14-29;1-13-18-9-16(24(18,3)4)10-19(13)26-23(30)22-21(14(2)29)20(12-28)31-27(22)11-15-6-5-7-17(25)8-15;1-3-15(9-5-4-6-10-15)16-14(18)13-7-11-17(2)12-8-13/h9-11,20,25-26,29-35,44-45H,6-8,13-16,18-19,21-24H2,1-5H3,(H,40,47)(H,41,46);5-8,13-14,16,18-22,28-29H,9-12H2,1-4H3,(H,26,30);1,13H,4-12H2,2H3,(H,16,18)/t25-,26-,30?,31-,32-,33-,34+,35-;13-,14-,16?,18-,19-,20-,21+,22-;/m00./s1. The first kappa shape index (κ1) is 75.4. The number of hydrogen-bond donors (Lipinski definition) is 8. The van der Waals surface area contributed by atoms with E-state index in [0.29, 0.717) is 59.4 Å². The minimum absolute atomic E-state index is 0.0443. The van der Waals surface area contributed by atoms with Crippen molar-refractivity contribution in [2.75, 3.05) is 53.5 Å². The fraction of sp³-hybridized carbons (Fsp3) is 0.744. The van der Waals surface area contributed by atoms with E-state index in [1.165, 1.54) is 19.3 Å². The first-order chi connectivity index (χ1) is 46.2. The minimum Gasteiger partial charge on any atom is -0.394 e. The van der Waals surface area contributed by atoms with Gasteiger partial charge in [-0.3, -0.25) is 28.9 Å². The molecule has 2 unspecified atom stereocenters. The van der Waals surface area contributed by atoms with Crippen LogP contribution in [-0.2, 0) is 41.9 Å². The maximum Gasteiger partial charge on any atom is 0.240 e. The van der Waals surface area contributed by atoms with Crippen LogP contribution in [0.2, 0.25) is 0 Å². The van der Waals surface area contributed by atoms with Gasteiger partial charge >= 0.3 is 0 Å². The van der Waals surface area contributed by atoms with Crippen molar-refractivity contribution in [2.45, 2.75) is 244 Å². The number of hydroxylamine groups is 4. The molecule has 4 amide bonds. The lowest BCUT2D eigenvalue weighted by molar-refractivity contribution is -0.183. The van der Waals surface area contributed by atoms with E-state index in [0.717, 1.165) is 143 Å². The molecule has 0 spiro atoms. The summed E-state index contributed by atoms with van der Waals surface area (Å²) in [5.41, 5.74) is 2.61. The van der Waals surface area contributed by atoms with Crippen LogP contribution in [0.1, 0.15) is 188 Å². The third-order valence-corrected chi connectivity index (χ3v) is 26.3. The summed E-state index contributed by atoms with van der Waals surface area (Å²) in [5, 5.41) is 57.9. The van der Waals surface area contributed by atoms with Crippen LogP contribution in [0.15, 0.2) is 48.5 Å². The monoisotopic (exact) mass is 1450 g/mol. The third-order valence-electron chi connectivity index (χ3n) is 25.7. The predicted octanol–water partition coefficient (Wildman–Crippen LogP) is 8.59. The van der Waals surface area contributed by atoms with Crippen molar-refractivity contribution >= 4 is 46.2 Å². The maximum atomic E-state index is 14.0. The molecular formula is C78H117IN8O10. The molecule has 8 aliphatic carbocycles. The largest absolute Gasteiger partial charge is 0.394 e. The van der Waals surface area contributed by atoms with Crippen LogP contribution in [0.5, 0.6) is 0 Å². The number of carbonyl (C=O) groups excluding carboxylic acids is 4. The number of fused-ring (bicyclic) bond motifs is 4. The molecule has 4 aliphatic heterocycles. The molecule has 2 aromatic rings. The Bertz CT molecular complexity index is 3120. The smallest absolute Gasteiger partial charge is 0.240 e. The minimum atomic E-state index is -0.840. The highest BCUT2D eigenvalue weighted by atomic mass is 127. The molecule has 8 saturated carbocycles. The average Bonchev–Trinajstić information content (AvgIpc) is 1.32. The second kappa shape index (κ2) is 32.4. The van der Waals surface area contributed by atoms with Crippen molar-refractivity contribution in [1.29, 1.82) is 0 Å². The summed E-state index contributed by atoms with van der Waals surface area (Å²) in [6.45, 7) is 21.4. The molecule has 0 radical (unpaired) electrons. The van der Waals surface area contributed by atoms with Gasteiger partial charge in [0.2, 0.25) is 23.6 Å². The van der Waals surface area contributed by atoms with Crippen molar-refractivity contribution in [1.82, 2.24) is 41.2 Å². The maximum absolute atomic E-state index is 14.0. The number of aliphatic hydroxyl groups excluding tert-OH is 4. The molecule has 4 heterocycles. The van der Waals surface area contributed by atoms with Crippen LogP contribution in [0.3, 0.4) is 0 Å². The lowest BCUT2D eigenvalue weighted by Gasteiger charge is -2.62. The Kier molecular flexibility index (Phi) is 25.2. The van der Waals surface area contributed by atoms with Crippen molar-refractivity contribution in [2.24, 2.45) is 70.0 Å².